The van der Waals surface area contributed by atoms with E-state index in [1.54, 1.807) is 28.4 Å². The lowest BCUT2D eigenvalue weighted by Crippen LogP contribution is -2.27. The van der Waals surface area contributed by atoms with Gasteiger partial charge in [-0.05, 0) is 81.9 Å². The Kier molecular flexibility index (Phi) is 9.19. The van der Waals surface area contributed by atoms with Gasteiger partial charge in [-0.25, -0.2) is 0 Å². The van der Waals surface area contributed by atoms with E-state index in [9.17, 15) is 0 Å². The maximum atomic E-state index is 7.18. The Balaban J connectivity index is 1.52. The maximum absolute atomic E-state index is 7.18. The van der Waals surface area contributed by atoms with Gasteiger partial charge in [0.1, 0.15) is 23.8 Å². The van der Waals surface area contributed by atoms with Crippen LogP contribution in [0.15, 0.2) is 70.4 Å². The molecule has 0 spiro atoms. The highest BCUT2D eigenvalue weighted by molar-refractivity contribution is 6.32. The van der Waals surface area contributed by atoms with Crippen molar-refractivity contribution in [1.29, 1.82) is 0 Å². The molecule has 0 fully saturated rings. The molecule has 2 heterocycles. The SMILES string of the molecule is CCN1/C(=C\C=C2/CCCC(/C=C/C3=[N+](CC)c4c(OC)cc(OC)cc4C3(C)C)=C2Cl)C(C)(C)c2cc(OC)cc(OC)c21. The highest BCUT2D eigenvalue weighted by Crippen LogP contribution is 2.53. The molecule has 0 saturated heterocycles. The lowest BCUT2D eigenvalue weighted by molar-refractivity contribution is -0.433. The fraction of sp³-hybridized carbons (Fsp3) is 0.447. The summed E-state index contributed by atoms with van der Waals surface area (Å²) in [5, 5.41) is 0.848. The van der Waals surface area contributed by atoms with Gasteiger partial charge in [-0.15, -0.1) is 0 Å². The fourth-order valence-corrected chi connectivity index (χ4v) is 7.55. The molecule has 240 valence electrons. The van der Waals surface area contributed by atoms with Crippen LogP contribution in [-0.2, 0) is 10.8 Å². The van der Waals surface area contributed by atoms with E-state index in [0.29, 0.717) is 0 Å². The van der Waals surface area contributed by atoms with Gasteiger partial charge in [0.25, 0.3) is 5.69 Å². The lowest BCUT2D eigenvalue weighted by atomic mass is 9.80. The minimum atomic E-state index is -0.231. The summed E-state index contributed by atoms with van der Waals surface area (Å²) in [5.41, 5.74) is 8.92. The normalized spacial score (nSPS) is 20.4. The number of anilines is 1. The van der Waals surface area contributed by atoms with Crippen molar-refractivity contribution in [3.05, 3.63) is 81.6 Å². The van der Waals surface area contributed by atoms with Crippen LogP contribution in [0.1, 0.15) is 71.9 Å². The molecular weight excluding hydrogens is 584 g/mol. The summed E-state index contributed by atoms with van der Waals surface area (Å²) in [5.74, 6) is 3.25. The van der Waals surface area contributed by atoms with Gasteiger partial charge in [0, 0.05) is 46.5 Å². The zero-order valence-electron chi connectivity index (χ0n) is 28.6. The highest BCUT2D eigenvalue weighted by atomic mass is 35.5. The summed E-state index contributed by atoms with van der Waals surface area (Å²) in [6.45, 7) is 15.1. The molecule has 2 aliphatic heterocycles. The van der Waals surface area contributed by atoms with Crippen LogP contribution in [0.2, 0.25) is 0 Å². The second-order valence-electron chi connectivity index (χ2n) is 12.8. The van der Waals surface area contributed by atoms with Crippen molar-refractivity contribution in [2.45, 2.75) is 71.6 Å². The number of ether oxygens (including phenoxy) is 4. The summed E-state index contributed by atoms with van der Waals surface area (Å²) in [4.78, 5) is 2.35. The quantitative estimate of drug-likeness (QED) is 0.258. The van der Waals surface area contributed by atoms with Gasteiger partial charge in [0.2, 0.25) is 0 Å². The Bertz CT molecular complexity index is 1660. The molecule has 0 atom stereocenters. The highest BCUT2D eigenvalue weighted by Gasteiger charge is 2.46. The molecule has 6 nitrogen and oxygen atoms in total. The van der Waals surface area contributed by atoms with Crippen molar-refractivity contribution in [3.8, 4) is 23.0 Å². The smallest absolute Gasteiger partial charge is 0.252 e. The third kappa shape index (κ3) is 5.45. The molecule has 0 aromatic heterocycles. The number of fused-ring (bicyclic) bond motifs is 2. The minimum Gasteiger partial charge on any atom is -0.497 e. The summed E-state index contributed by atoms with van der Waals surface area (Å²) >= 11 is 7.18. The van der Waals surface area contributed by atoms with Gasteiger partial charge in [0.15, 0.2) is 11.5 Å². The minimum absolute atomic E-state index is 0.231. The number of hydrogen-bond donors (Lipinski definition) is 0. The van der Waals surface area contributed by atoms with E-state index in [2.05, 4.69) is 87.5 Å². The summed E-state index contributed by atoms with van der Waals surface area (Å²) < 4.78 is 25.2. The first-order valence-electron chi connectivity index (χ1n) is 15.9. The Labute approximate surface area is 274 Å². The Morgan fingerprint density at radius 1 is 0.800 bits per heavy atom. The van der Waals surface area contributed by atoms with Crippen molar-refractivity contribution < 1.29 is 23.5 Å². The molecule has 0 unspecified atom stereocenters. The van der Waals surface area contributed by atoms with E-state index in [1.807, 2.05) is 12.1 Å². The number of nitrogens with zero attached hydrogens (tertiary/aromatic N) is 2. The third-order valence-corrected chi connectivity index (χ3v) is 10.2. The Hall–Kier alpha value is -3.64. The van der Waals surface area contributed by atoms with Crippen LogP contribution in [0, 0.1) is 0 Å². The van der Waals surface area contributed by atoms with Gasteiger partial charge < -0.3 is 23.8 Å². The zero-order chi connectivity index (χ0) is 32.7. The number of halogens is 1. The fourth-order valence-electron chi connectivity index (χ4n) is 7.23. The molecule has 0 bridgehead atoms. The Morgan fingerprint density at radius 3 is 2.04 bits per heavy atom. The first-order valence-corrected chi connectivity index (χ1v) is 16.3. The van der Waals surface area contributed by atoms with Crippen LogP contribution in [0.5, 0.6) is 23.0 Å². The van der Waals surface area contributed by atoms with Crippen molar-refractivity contribution in [2.75, 3.05) is 46.4 Å². The van der Waals surface area contributed by atoms with Crippen molar-refractivity contribution in [2.24, 2.45) is 0 Å². The molecule has 7 heteroatoms. The number of methoxy groups -OCH3 is 4. The van der Waals surface area contributed by atoms with Gasteiger partial charge in [-0.1, -0.05) is 37.6 Å². The van der Waals surface area contributed by atoms with E-state index < -0.39 is 0 Å². The van der Waals surface area contributed by atoms with Gasteiger partial charge in [-0.3, -0.25) is 0 Å². The molecule has 5 rings (SSSR count). The average molecular weight is 632 g/mol. The molecule has 3 aliphatic rings. The molecule has 2 aromatic carbocycles. The lowest BCUT2D eigenvalue weighted by Gasteiger charge is -2.26. The monoisotopic (exact) mass is 631 g/mol. The topological polar surface area (TPSA) is 43.2 Å². The second kappa shape index (κ2) is 12.6. The summed E-state index contributed by atoms with van der Waals surface area (Å²) in [7, 11) is 6.84. The molecule has 45 heavy (non-hydrogen) atoms. The first-order chi connectivity index (χ1) is 21.5. The summed E-state index contributed by atoms with van der Waals surface area (Å²) in [6.07, 6.45) is 11.9. The molecule has 2 aromatic rings. The third-order valence-electron chi connectivity index (χ3n) is 9.73. The Morgan fingerprint density at radius 2 is 1.44 bits per heavy atom. The first kappa shape index (κ1) is 32.7. The summed E-state index contributed by atoms with van der Waals surface area (Å²) in [6, 6.07) is 8.20. The van der Waals surface area contributed by atoms with Crippen LogP contribution < -0.4 is 23.8 Å². The van der Waals surface area contributed by atoms with Crippen molar-refractivity contribution in [1.82, 2.24) is 0 Å². The molecule has 0 N–H and O–H groups in total. The van der Waals surface area contributed by atoms with E-state index >= 15 is 0 Å². The van der Waals surface area contributed by atoms with E-state index in [4.69, 9.17) is 30.5 Å². The average Bonchev–Trinajstić information content (AvgIpc) is 3.40. The predicted octanol–water partition coefficient (Wildman–Crippen LogP) is 8.98. The van der Waals surface area contributed by atoms with Crippen LogP contribution in [0.3, 0.4) is 0 Å². The number of hydrogen-bond acceptors (Lipinski definition) is 5. The van der Waals surface area contributed by atoms with E-state index in [1.165, 1.54) is 33.7 Å². The van der Waals surface area contributed by atoms with Crippen LogP contribution in [0.25, 0.3) is 0 Å². The number of benzene rings is 2. The van der Waals surface area contributed by atoms with Gasteiger partial charge in [0.05, 0.1) is 39.5 Å². The molecular formula is C38H48ClN2O4+. The van der Waals surface area contributed by atoms with Gasteiger partial charge in [-0.2, -0.15) is 4.58 Å². The van der Waals surface area contributed by atoms with E-state index in [0.717, 1.165) is 71.8 Å². The molecule has 0 radical (unpaired) electrons. The zero-order valence-corrected chi connectivity index (χ0v) is 29.3. The van der Waals surface area contributed by atoms with Gasteiger partial charge >= 0.3 is 0 Å². The van der Waals surface area contributed by atoms with Crippen molar-refractivity contribution in [3.63, 3.8) is 0 Å². The van der Waals surface area contributed by atoms with Crippen LogP contribution in [-0.4, -0.2) is 51.8 Å². The largest absolute Gasteiger partial charge is 0.497 e. The van der Waals surface area contributed by atoms with Crippen molar-refractivity contribution >= 4 is 28.7 Å². The van der Waals surface area contributed by atoms with Crippen LogP contribution in [0.4, 0.5) is 11.4 Å². The van der Waals surface area contributed by atoms with Crippen LogP contribution >= 0.6 is 11.6 Å². The number of likely N-dealkylation sites (N-methyl/N-ethyl adjacent to an activating group) is 1. The standard InChI is InChI=1S/C38H48ClN2O4/c1-11-40-32(37(3,4)28-20-26(42-7)22-30(44-9)35(28)40)18-16-24-14-13-15-25(34(24)39)17-19-33-38(5,6)29-21-27(43-8)23-31(45-10)36(29)41(33)12-2/h16-23H,11-15H2,1-10H3/q+1. The predicted molar refractivity (Wildman–Crippen MR) is 186 cm³/mol. The van der Waals surface area contributed by atoms with E-state index in [-0.39, 0.29) is 10.8 Å². The second-order valence-corrected chi connectivity index (χ2v) is 13.2. The number of allylic oxidation sites excluding steroid dienone is 8. The molecule has 1 aliphatic carbocycles. The number of rotatable bonds is 9. The maximum Gasteiger partial charge on any atom is 0.252 e. The molecule has 0 saturated carbocycles. The molecule has 0 amide bonds.